The highest BCUT2D eigenvalue weighted by Crippen LogP contribution is 2.17. The molecule has 0 saturated carbocycles. The van der Waals surface area contributed by atoms with E-state index in [0.717, 1.165) is 24.1 Å². The lowest BCUT2D eigenvalue weighted by molar-refractivity contribution is 0.379. The van der Waals surface area contributed by atoms with Gasteiger partial charge in [0.2, 0.25) is 0 Å². The molecule has 0 fully saturated rings. The highest BCUT2D eigenvalue weighted by molar-refractivity contribution is 7.80. The highest BCUT2D eigenvalue weighted by Gasteiger charge is 2.08. The second-order valence-corrected chi connectivity index (χ2v) is 4.10. The van der Waals surface area contributed by atoms with Gasteiger partial charge in [-0.2, -0.15) is 0 Å². The van der Waals surface area contributed by atoms with Gasteiger partial charge < -0.3 is 9.64 Å². The normalized spacial score (nSPS) is 10.3. The second kappa shape index (κ2) is 5.73. The van der Waals surface area contributed by atoms with Crippen LogP contribution in [0.4, 0.5) is 0 Å². The summed E-state index contributed by atoms with van der Waals surface area (Å²) in [5.41, 5.74) is 1.65. The van der Waals surface area contributed by atoms with E-state index in [9.17, 15) is 0 Å². The summed E-state index contributed by atoms with van der Waals surface area (Å²) in [7, 11) is 0. The maximum atomic E-state index is 5.66. The average molecular weight is 261 g/mol. The topological polar surface area (TPSA) is 38.2 Å². The summed E-state index contributed by atoms with van der Waals surface area (Å²) in [6.07, 6.45) is 3.33. The zero-order valence-electron chi connectivity index (χ0n) is 10.5. The van der Waals surface area contributed by atoms with Crippen molar-refractivity contribution >= 4 is 28.4 Å². The molecule has 0 N–H and O–H groups in total. The van der Waals surface area contributed by atoms with E-state index in [-0.39, 0.29) is 0 Å². The fourth-order valence-electron chi connectivity index (χ4n) is 1.65. The molecule has 1 aromatic heterocycles. The molecule has 94 valence electrons. The maximum absolute atomic E-state index is 5.66. The van der Waals surface area contributed by atoms with E-state index < -0.39 is 0 Å². The van der Waals surface area contributed by atoms with Gasteiger partial charge in [0.25, 0.3) is 5.17 Å². The van der Waals surface area contributed by atoms with Crippen LogP contribution in [0.3, 0.4) is 0 Å². The number of ether oxygens (including phenoxy) is 1. The van der Waals surface area contributed by atoms with Gasteiger partial charge in [-0.3, -0.25) is 9.97 Å². The van der Waals surface area contributed by atoms with Crippen LogP contribution < -0.4 is 4.74 Å². The molecule has 1 heterocycles. The minimum absolute atomic E-state index is 0.489. The number of aromatic nitrogens is 2. The molecule has 5 heteroatoms. The smallest absolute Gasteiger partial charge is 0.264 e. The molecule has 0 aliphatic carbocycles. The zero-order chi connectivity index (χ0) is 13.0. The van der Waals surface area contributed by atoms with Crippen molar-refractivity contribution in [2.24, 2.45) is 0 Å². The first-order chi connectivity index (χ1) is 8.74. The number of fused-ring (bicyclic) bond motifs is 1. The number of hydrogen-bond acceptors (Lipinski definition) is 4. The predicted octanol–water partition coefficient (Wildman–Crippen LogP) is 2.64. The first kappa shape index (κ1) is 12.7. The molecular formula is C13H15N3OS. The second-order valence-electron chi connectivity index (χ2n) is 3.75. The summed E-state index contributed by atoms with van der Waals surface area (Å²) in [4.78, 5) is 10.4. The Morgan fingerprint density at radius 1 is 1.17 bits per heavy atom. The highest BCUT2D eigenvalue weighted by atomic mass is 32.1. The number of thiocarbonyl (C=S) groups is 1. The molecule has 0 unspecified atom stereocenters. The number of benzene rings is 1. The van der Waals surface area contributed by atoms with E-state index >= 15 is 0 Å². The van der Waals surface area contributed by atoms with Crippen molar-refractivity contribution in [3.05, 3.63) is 30.6 Å². The van der Waals surface area contributed by atoms with E-state index in [1.54, 1.807) is 12.4 Å². The molecule has 0 radical (unpaired) electrons. The molecule has 0 atom stereocenters. The first-order valence-corrected chi connectivity index (χ1v) is 6.33. The molecule has 0 aliphatic heterocycles. The number of rotatable bonds is 3. The standard InChI is InChI=1S/C13H15N3OS/c1-3-16(4-2)13(18)17-10-5-6-11-12(9-10)15-8-7-14-11/h5-9H,3-4H2,1-2H3. The molecule has 1 aromatic carbocycles. The van der Waals surface area contributed by atoms with Crippen LogP contribution in [0.25, 0.3) is 11.0 Å². The van der Waals surface area contributed by atoms with Gasteiger partial charge in [-0.1, -0.05) is 0 Å². The molecule has 2 rings (SSSR count). The maximum Gasteiger partial charge on any atom is 0.264 e. The van der Waals surface area contributed by atoms with Crippen LogP contribution in [0, 0.1) is 0 Å². The summed E-state index contributed by atoms with van der Waals surface area (Å²) in [6.45, 7) is 5.77. The molecule has 18 heavy (non-hydrogen) atoms. The van der Waals surface area contributed by atoms with Crippen LogP contribution in [0.15, 0.2) is 30.6 Å². The van der Waals surface area contributed by atoms with E-state index in [2.05, 4.69) is 9.97 Å². The monoisotopic (exact) mass is 261 g/mol. The van der Waals surface area contributed by atoms with Crippen LogP contribution >= 0.6 is 12.2 Å². The largest absolute Gasteiger partial charge is 0.432 e. The molecule has 4 nitrogen and oxygen atoms in total. The molecule has 0 aliphatic rings. The van der Waals surface area contributed by atoms with Gasteiger partial charge in [0.1, 0.15) is 5.75 Å². The fourth-order valence-corrected chi connectivity index (χ4v) is 2.01. The summed E-state index contributed by atoms with van der Waals surface area (Å²) in [6, 6.07) is 5.58. The zero-order valence-corrected chi connectivity index (χ0v) is 11.3. The van der Waals surface area contributed by atoms with Crippen molar-refractivity contribution in [3.8, 4) is 5.75 Å². The van der Waals surface area contributed by atoms with Crippen molar-refractivity contribution in [1.29, 1.82) is 0 Å². The van der Waals surface area contributed by atoms with Crippen molar-refractivity contribution in [3.63, 3.8) is 0 Å². The van der Waals surface area contributed by atoms with Crippen molar-refractivity contribution in [2.75, 3.05) is 13.1 Å². The van der Waals surface area contributed by atoms with Gasteiger partial charge in [-0.25, -0.2) is 0 Å². The molecule has 0 amide bonds. The first-order valence-electron chi connectivity index (χ1n) is 5.92. The Bertz CT molecular complexity index is 555. The molecule has 0 saturated heterocycles. The Labute approximate surface area is 112 Å². The third-order valence-corrected chi connectivity index (χ3v) is 3.01. The summed E-state index contributed by atoms with van der Waals surface area (Å²) < 4.78 is 5.66. The Morgan fingerprint density at radius 3 is 2.50 bits per heavy atom. The Morgan fingerprint density at radius 2 is 1.83 bits per heavy atom. The third kappa shape index (κ3) is 2.73. The predicted molar refractivity (Wildman–Crippen MR) is 75.7 cm³/mol. The lowest BCUT2D eigenvalue weighted by Gasteiger charge is -2.21. The molecule has 0 spiro atoms. The van der Waals surface area contributed by atoms with Crippen LogP contribution in [-0.4, -0.2) is 33.1 Å². The fraction of sp³-hybridized carbons (Fsp3) is 0.308. The third-order valence-electron chi connectivity index (χ3n) is 2.67. The van der Waals surface area contributed by atoms with Crippen LogP contribution in [-0.2, 0) is 0 Å². The van der Waals surface area contributed by atoms with E-state index in [4.69, 9.17) is 17.0 Å². The van der Waals surface area contributed by atoms with Gasteiger partial charge in [0.15, 0.2) is 0 Å². The number of nitrogens with zero attached hydrogens (tertiary/aromatic N) is 3. The van der Waals surface area contributed by atoms with Gasteiger partial charge in [0, 0.05) is 31.5 Å². The van der Waals surface area contributed by atoms with Gasteiger partial charge in [0.05, 0.1) is 11.0 Å². The average Bonchev–Trinajstić information content (AvgIpc) is 2.40. The Hall–Kier alpha value is -1.75. The minimum atomic E-state index is 0.489. The Balaban J connectivity index is 2.19. The van der Waals surface area contributed by atoms with Crippen molar-refractivity contribution < 1.29 is 4.74 Å². The van der Waals surface area contributed by atoms with Crippen LogP contribution in [0.5, 0.6) is 5.75 Å². The van der Waals surface area contributed by atoms with E-state index in [1.165, 1.54) is 0 Å². The molecular weight excluding hydrogens is 246 g/mol. The van der Waals surface area contributed by atoms with Crippen molar-refractivity contribution in [2.45, 2.75) is 13.8 Å². The van der Waals surface area contributed by atoms with E-state index in [0.29, 0.717) is 10.9 Å². The lowest BCUT2D eigenvalue weighted by atomic mass is 10.3. The quantitative estimate of drug-likeness (QED) is 0.794. The summed E-state index contributed by atoms with van der Waals surface area (Å²) in [5, 5.41) is 0.489. The van der Waals surface area contributed by atoms with Crippen LogP contribution in [0.1, 0.15) is 13.8 Å². The number of hydrogen-bond donors (Lipinski definition) is 0. The van der Waals surface area contributed by atoms with Crippen LogP contribution in [0.2, 0.25) is 0 Å². The SMILES string of the molecule is CCN(CC)C(=S)Oc1ccc2nccnc2c1. The lowest BCUT2D eigenvalue weighted by Crippen LogP contribution is -2.32. The van der Waals surface area contributed by atoms with E-state index in [1.807, 2.05) is 36.9 Å². The Kier molecular flexibility index (Phi) is 4.04. The minimum Gasteiger partial charge on any atom is -0.432 e. The summed E-state index contributed by atoms with van der Waals surface area (Å²) >= 11 is 5.25. The summed E-state index contributed by atoms with van der Waals surface area (Å²) in [5.74, 6) is 0.694. The molecule has 2 aromatic rings. The van der Waals surface area contributed by atoms with Gasteiger partial charge in [-0.15, -0.1) is 0 Å². The van der Waals surface area contributed by atoms with Gasteiger partial charge >= 0.3 is 0 Å². The molecule has 0 bridgehead atoms. The van der Waals surface area contributed by atoms with Gasteiger partial charge in [-0.05, 0) is 38.2 Å². The van der Waals surface area contributed by atoms with Crippen molar-refractivity contribution in [1.82, 2.24) is 14.9 Å².